The maximum Gasteiger partial charge on any atom is 0.293 e. The Kier molecular flexibility index (Phi) is 4.59. The van der Waals surface area contributed by atoms with Gasteiger partial charge in [0.15, 0.2) is 0 Å². The van der Waals surface area contributed by atoms with Crippen molar-refractivity contribution in [1.82, 2.24) is 28.7 Å². The number of carbonyl (C=O) groups excluding carboxylic acids is 1. The van der Waals surface area contributed by atoms with E-state index in [9.17, 15) is 13.2 Å². The van der Waals surface area contributed by atoms with Gasteiger partial charge in [0, 0.05) is 46.7 Å². The lowest BCUT2D eigenvalue weighted by Gasteiger charge is -2.34. The van der Waals surface area contributed by atoms with E-state index in [4.69, 9.17) is 0 Å². The third-order valence-corrected chi connectivity index (χ3v) is 5.31. The summed E-state index contributed by atoms with van der Waals surface area (Å²) in [4.78, 5) is 17.9. The van der Waals surface area contributed by atoms with E-state index in [2.05, 4.69) is 15.2 Å². The van der Waals surface area contributed by atoms with Crippen molar-refractivity contribution in [2.24, 2.45) is 0 Å². The summed E-state index contributed by atoms with van der Waals surface area (Å²) < 4.78 is 26.5. The van der Waals surface area contributed by atoms with Crippen molar-refractivity contribution in [3.63, 3.8) is 0 Å². The number of hydrogen-bond acceptors (Lipinski definition) is 5. The van der Waals surface area contributed by atoms with Crippen LogP contribution in [0.25, 0.3) is 0 Å². The zero-order valence-electron chi connectivity index (χ0n) is 12.4. The second-order valence-electron chi connectivity index (χ2n) is 4.94. The molecule has 1 fully saturated rings. The van der Waals surface area contributed by atoms with Gasteiger partial charge in [-0.25, -0.2) is 4.98 Å². The van der Waals surface area contributed by atoms with Crippen molar-refractivity contribution in [2.45, 2.75) is 13.3 Å². The minimum Gasteiger partial charge on any atom is -0.333 e. The number of H-pyrrole nitrogens is 1. The predicted octanol–water partition coefficient (Wildman–Crippen LogP) is -1.07. The van der Waals surface area contributed by atoms with Crippen molar-refractivity contribution in [3.8, 4) is 0 Å². The molecule has 21 heavy (non-hydrogen) atoms. The molecule has 9 nitrogen and oxygen atoms in total. The van der Waals surface area contributed by atoms with Crippen LogP contribution in [0.1, 0.15) is 23.4 Å². The molecular formula is C11H20N6O3S. The first-order chi connectivity index (χ1) is 9.86. The van der Waals surface area contributed by atoms with Crippen molar-refractivity contribution >= 4 is 16.1 Å². The molecule has 1 aromatic heterocycles. The number of hydrogen-bond donors (Lipinski definition) is 1. The van der Waals surface area contributed by atoms with Crippen LogP contribution in [0.15, 0.2) is 0 Å². The number of aromatic nitrogens is 3. The Balaban J connectivity index is 1.99. The second kappa shape index (κ2) is 6.08. The third kappa shape index (κ3) is 3.22. The lowest BCUT2D eigenvalue weighted by Crippen LogP contribution is -2.53. The molecule has 1 aliphatic heterocycles. The fourth-order valence-electron chi connectivity index (χ4n) is 2.04. The molecule has 2 heterocycles. The third-order valence-electron chi connectivity index (χ3n) is 3.37. The number of aryl methyl sites for hydroxylation is 1. The second-order valence-corrected chi connectivity index (χ2v) is 7.08. The fourth-order valence-corrected chi connectivity index (χ4v) is 3.13. The minimum absolute atomic E-state index is 0.135. The largest absolute Gasteiger partial charge is 0.333 e. The van der Waals surface area contributed by atoms with Gasteiger partial charge in [0.25, 0.3) is 16.1 Å². The van der Waals surface area contributed by atoms with Gasteiger partial charge in [-0.3, -0.25) is 9.89 Å². The van der Waals surface area contributed by atoms with Crippen LogP contribution in [0.3, 0.4) is 0 Å². The summed E-state index contributed by atoms with van der Waals surface area (Å²) in [6.07, 6.45) is 0.676. The zero-order chi connectivity index (χ0) is 15.6. The molecule has 0 radical (unpaired) electrons. The van der Waals surface area contributed by atoms with Gasteiger partial charge in [0.1, 0.15) is 5.82 Å². The lowest BCUT2D eigenvalue weighted by molar-refractivity contribution is 0.0683. The van der Waals surface area contributed by atoms with Gasteiger partial charge in [0.2, 0.25) is 5.82 Å². The number of nitrogens with one attached hydrogen (secondary N) is 1. The Morgan fingerprint density at radius 2 is 1.90 bits per heavy atom. The van der Waals surface area contributed by atoms with Gasteiger partial charge >= 0.3 is 0 Å². The first kappa shape index (κ1) is 15.9. The quantitative estimate of drug-likeness (QED) is 0.762. The SMILES string of the molecule is CCc1nc(C(=O)N2CCN(S(=O)(=O)N(C)C)CC2)n[nH]1. The Bertz CT molecular complexity index is 603. The minimum atomic E-state index is -3.42. The molecule has 0 spiro atoms. The monoisotopic (exact) mass is 316 g/mol. The van der Waals surface area contributed by atoms with Crippen LogP contribution in [0.2, 0.25) is 0 Å². The van der Waals surface area contributed by atoms with Crippen LogP contribution in [-0.2, 0) is 16.6 Å². The van der Waals surface area contributed by atoms with E-state index in [0.29, 0.717) is 25.3 Å². The first-order valence-corrected chi connectivity index (χ1v) is 8.14. The van der Waals surface area contributed by atoms with E-state index in [1.165, 1.54) is 22.7 Å². The van der Waals surface area contributed by atoms with Crippen LogP contribution in [0.5, 0.6) is 0 Å². The molecule has 0 atom stereocenters. The molecule has 0 saturated carbocycles. The summed E-state index contributed by atoms with van der Waals surface area (Å²) in [5.41, 5.74) is 0. The van der Waals surface area contributed by atoms with E-state index in [1.807, 2.05) is 6.92 Å². The van der Waals surface area contributed by atoms with E-state index < -0.39 is 10.2 Å². The average Bonchev–Trinajstić information content (AvgIpc) is 2.95. The zero-order valence-corrected chi connectivity index (χ0v) is 13.2. The summed E-state index contributed by atoms with van der Waals surface area (Å²) >= 11 is 0. The van der Waals surface area contributed by atoms with E-state index in [-0.39, 0.29) is 24.8 Å². The number of aromatic amines is 1. The number of rotatable bonds is 4. The molecular weight excluding hydrogens is 296 g/mol. The van der Waals surface area contributed by atoms with Gasteiger partial charge in [0.05, 0.1) is 0 Å². The smallest absolute Gasteiger partial charge is 0.293 e. The number of carbonyl (C=O) groups is 1. The normalized spacial score (nSPS) is 17.4. The highest BCUT2D eigenvalue weighted by atomic mass is 32.2. The highest BCUT2D eigenvalue weighted by Crippen LogP contribution is 2.11. The van der Waals surface area contributed by atoms with Gasteiger partial charge < -0.3 is 4.90 Å². The van der Waals surface area contributed by atoms with E-state index >= 15 is 0 Å². The highest BCUT2D eigenvalue weighted by molar-refractivity contribution is 7.86. The van der Waals surface area contributed by atoms with Gasteiger partial charge in [-0.2, -0.15) is 17.0 Å². The Morgan fingerprint density at radius 1 is 1.29 bits per heavy atom. The summed E-state index contributed by atoms with van der Waals surface area (Å²) in [7, 11) is -0.437. The van der Waals surface area contributed by atoms with E-state index in [1.54, 1.807) is 4.90 Å². The van der Waals surface area contributed by atoms with Crippen molar-refractivity contribution in [1.29, 1.82) is 0 Å². The van der Waals surface area contributed by atoms with Crippen LogP contribution in [-0.4, -0.2) is 83.3 Å². The first-order valence-electron chi connectivity index (χ1n) is 6.74. The van der Waals surface area contributed by atoms with Crippen LogP contribution < -0.4 is 0 Å². The van der Waals surface area contributed by atoms with E-state index in [0.717, 1.165) is 0 Å². The lowest BCUT2D eigenvalue weighted by atomic mass is 10.3. The van der Waals surface area contributed by atoms with Crippen molar-refractivity contribution in [2.75, 3.05) is 40.3 Å². The fraction of sp³-hybridized carbons (Fsp3) is 0.727. The topological polar surface area (TPSA) is 102 Å². The molecule has 2 rings (SSSR count). The van der Waals surface area contributed by atoms with Crippen molar-refractivity contribution in [3.05, 3.63) is 11.6 Å². The molecule has 1 amide bonds. The molecule has 0 aliphatic carbocycles. The molecule has 118 valence electrons. The molecule has 1 aliphatic rings. The van der Waals surface area contributed by atoms with Gasteiger partial charge in [-0.05, 0) is 0 Å². The van der Waals surface area contributed by atoms with Gasteiger partial charge in [-0.15, -0.1) is 5.10 Å². The average molecular weight is 316 g/mol. The number of piperazine rings is 1. The standard InChI is InChI=1S/C11H20N6O3S/c1-4-9-12-10(14-13-9)11(18)16-5-7-17(8-6-16)21(19,20)15(2)3/h4-8H2,1-3H3,(H,12,13,14). The van der Waals surface area contributed by atoms with Gasteiger partial charge in [-0.1, -0.05) is 6.92 Å². The summed E-state index contributed by atoms with van der Waals surface area (Å²) in [5.74, 6) is 0.524. The number of nitrogens with zero attached hydrogens (tertiary/aromatic N) is 5. The maximum absolute atomic E-state index is 12.2. The maximum atomic E-state index is 12.2. The predicted molar refractivity (Wildman–Crippen MR) is 75.8 cm³/mol. The van der Waals surface area contributed by atoms with Crippen molar-refractivity contribution < 1.29 is 13.2 Å². The molecule has 0 unspecified atom stereocenters. The Labute approximate surface area is 124 Å². The molecule has 1 aromatic rings. The highest BCUT2D eigenvalue weighted by Gasteiger charge is 2.31. The number of amides is 1. The van der Waals surface area contributed by atoms with Crippen LogP contribution in [0, 0.1) is 0 Å². The molecule has 1 saturated heterocycles. The van der Waals surface area contributed by atoms with Crippen LogP contribution in [0.4, 0.5) is 0 Å². The molecule has 0 aromatic carbocycles. The Hall–Kier alpha value is -1.52. The van der Waals surface area contributed by atoms with Crippen LogP contribution >= 0.6 is 0 Å². The Morgan fingerprint density at radius 3 is 2.38 bits per heavy atom. The molecule has 0 bridgehead atoms. The summed E-state index contributed by atoms with van der Waals surface area (Å²) in [6, 6.07) is 0. The molecule has 1 N–H and O–H groups in total. The summed E-state index contributed by atoms with van der Waals surface area (Å²) in [6.45, 7) is 3.14. The summed E-state index contributed by atoms with van der Waals surface area (Å²) in [5, 5.41) is 6.59. The molecule has 10 heteroatoms.